The second kappa shape index (κ2) is 14.8. The van der Waals surface area contributed by atoms with E-state index in [-0.39, 0.29) is 36.8 Å². The molecule has 1 aromatic heterocycles. The summed E-state index contributed by atoms with van der Waals surface area (Å²) in [6.45, 7) is 7.36. The van der Waals surface area contributed by atoms with Gasteiger partial charge in [-0.3, -0.25) is 9.69 Å². The molecular weight excluding hydrogens is 505 g/mol. The molecule has 0 saturated carbocycles. The van der Waals surface area contributed by atoms with Crippen molar-refractivity contribution < 1.29 is 4.79 Å². The van der Waals surface area contributed by atoms with Gasteiger partial charge in [0, 0.05) is 37.9 Å². The molecule has 0 bridgehead atoms. The monoisotopic (exact) mass is 541 g/mol. The molecule has 1 unspecified atom stereocenters. The maximum absolute atomic E-state index is 13.2. The minimum atomic E-state index is 0. The number of unbranched alkanes of at least 4 members (excludes halogenated alkanes) is 2. The number of halogens is 2. The highest BCUT2D eigenvalue weighted by Gasteiger charge is 2.28. The van der Waals surface area contributed by atoms with Crippen LogP contribution in [0.15, 0.2) is 55.0 Å². The van der Waals surface area contributed by atoms with Crippen molar-refractivity contribution in [3.63, 3.8) is 0 Å². The smallest absolute Gasteiger partial charge is 0.253 e. The molecule has 2 heterocycles. The third-order valence-electron chi connectivity index (χ3n) is 7.07. The van der Waals surface area contributed by atoms with Crippen LogP contribution in [0.5, 0.6) is 0 Å². The second-order valence-electron chi connectivity index (χ2n) is 9.46. The number of carbonyl (C=O) groups is 1. The molecule has 2 aromatic carbocycles. The molecule has 1 aliphatic rings. The van der Waals surface area contributed by atoms with E-state index in [1.54, 1.807) is 6.33 Å². The fourth-order valence-corrected chi connectivity index (χ4v) is 4.92. The van der Waals surface area contributed by atoms with Gasteiger partial charge in [-0.05, 0) is 67.1 Å². The third kappa shape index (κ3) is 7.82. The summed E-state index contributed by atoms with van der Waals surface area (Å²) in [7, 11) is 0. The Labute approximate surface area is 232 Å². The molecule has 1 fully saturated rings. The SMILES string of the molecule is CCCCCc1ccc(C(=O)N2CCN(C(Cc3ccc(C#N)cc3)c3cnc[nH]3)CC2)cc1C.Cl.Cl. The average molecular weight is 543 g/mol. The van der Waals surface area contributed by atoms with Crippen molar-refractivity contribution in [1.82, 2.24) is 19.8 Å². The lowest BCUT2D eigenvalue weighted by Crippen LogP contribution is -2.50. The molecule has 0 aliphatic carbocycles. The number of aryl methyl sites for hydroxylation is 2. The molecule has 0 spiro atoms. The Morgan fingerprint density at radius 1 is 1.08 bits per heavy atom. The number of nitriles is 1. The summed E-state index contributed by atoms with van der Waals surface area (Å²) in [6.07, 6.45) is 9.17. The van der Waals surface area contributed by atoms with Crippen LogP contribution in [0.25, 0.3) is 0 Å². The summed E-state index contributed by atoms with van der Waals surface area (Å²) < 4.78 is 0. The fourth-order valence-electron chi connectivity index (χ4n) is 4.92. The van der Waals surface area contributed by atoms with Gasteiger partial charge >= 0.3 is 0 Å². The van der Waals surface area contributed by atoms with Crippen LogP contribution in [0, 0.1) is 18.3 Å². The molecule has 1 amide bonds. The highest BCUT2D eigenvalue weighted by Crippen LogP contribution is 2.26. The van der Waals surface area contributed by atoms with Crippen molar-refractivity contribution in [1.29, 1.82) is 5.26 Å². The van der Waals surface area contributed by atoms with Gasteiger partial charge in [-0.25, -0.2) is 4.98 Å². The Bertz CT molecular complexity index is 1150. The topological polar surface area (TPSA) is 76.0 Å². The van der Waals surface area contributed by atoms with Gasteiger partial charge in [0.25, 0.3) is 5.91 Å². The number of aromatic nitrogens is 2. The summed E-state index contributed by atoms with van der Waals surface area (Å²) in [4.78, 5) is 25.2. The van der Waals surface area contributed by atoms with E-state index in [0.29, 0.717) is 18.7 Å². The molecule has 1 aliphatic heterocycles. The summed E-state index contributed by atoms with van der Waals surface area (Å²) >= 11 is 0. The molecule has 6 nitrogen and oxygen atoms in total. The van der Waals surface area contributed by atoms with Gasteiger partial charge in [-0.2, -0.15) is 5.26 Å². The number of benzene rings is 2. The summed E-state index contributed by atoms with van der Waals surface area (Å²) in [5.41, 5.74) is 6.28. The number of amides is 1. The number of imidazole rings is 1. The van der Waals surface area contributed by atoms with Gasteiger partial charge in [0.05, 0.1) is 29.7 Å². The number of hydrogen-bond donors (Lipinski definition) is 1. The quantitative estimate of drug-likeness (QED) is 0.341. The summed E-state index contributed by atoms with van der Waals surface area (Å²) in [6, 6.07) is 16.3. The molecule has 3 aromatic rings. The Kier molecular flexibility index (Phi) is 12.1. The predicted octanol–water partition coefficient (Wildman–Crippen LogP) is 5.91. The van der Waals surface area contributed by atoms with Crippen molar-refractivity contribution in [2.24, 2.45) is 0 Å². The van der Waals surface area contributed by atoms with Crippen LogP contribution in [-0.2, 0) is 12.8 Å². The second-order valence-corrected chi connectivity index (χ2v) is 9.46. The van der Waals surface area contributed by atoms with E-state index in [1.807, 2.05) is 41.4 Å². The van der Waals surface area contributed by atoms with E-state index in [4.69, 9.17) is 5.26 Å². The number of piperazine rings is 1. The average Bonchev–Trinajstić information content (AvgIpc) is 3.43. The minimum absolute atomic E-state index is 0. The van der Waals surface area contributed by atoms with Crippen molar-refractivity contribution in [3.8, 4) is 6.07 Å². The van der Waals surface area contributed by atoms with Gasteiger partial charge < -0.3 is 9.88 Å². The van der Waals surface area contributed by atoms with Crippen LogP contribution >= 0.6 is 24.8 Å². The summed E-state index contributed by atoms with van der Waals surface area (Å²) in [5.74, 6) is 0.123. The third-order valence-corrected chi connectivity index (χ3v) is 7.07. The van der Waals surface area contributed by atoms with Crippen LogP contribution in [-0.4, -0.2) is 51.9 Å². The zero-order valence-corrected chi connectivity index (χ0v) is 23.3. The largest absolute Gasteiger partial charge is 0.347 e. The molecule has 1 atom stereocenters. The van der Waals surface area contributed by atoms with Gasteiger partial charge in [0.1, 0.15) is 0 Å². The number of rotatable bonds is 9. The Morgan fingerprint density at radius 3 is 2.41 bits per heavy atom. The number of H-pyrrole nitrogens is 1. The molecule has 8 heteroatoms. The first-order valence-electron chi connectivity index (χ1n) is 12.7. The van der Waals surface area contributed by atoms with Crippen molar-refractivity contribution in [3.05, 3.63) is 88.5 Å². The van der Waals surface area contributed by atoms with Crippen molar-refractivity contribution in [2.75, 3.05) is 26.2 Å². The van der Waals surface area contributed by atoms with E-state index < -0.39 is 0 Å². The molecule has 198 valence electrons. The molecule has 37 heavy (non-hydrogen) atoms. The molecule has 1 N–H and O–H groups in total. The zero-order valence-electron chi connectivity index (χ0n) is 21.7. The maximum Gasteiger partial charge on any atom is 0.253 e. The van der Waals surface area contributed by atoms with Gasteiger partial charge in [0.15, 0.2) is 0 Å². The number of carbonyl (C=O) groups excluding carboxylic acids is 1. The molecule has 1 saturated heterocycles. The van der Waals surface area contributed by atoms with Crippen molar-refractivity contribution in [2.45, 2.75) is 52.0 Å². The highest BCUT2D eigenvalue weighted by molar-refractivity contribution is 5.94. The van der Waals surface area contributed by atoms with Gasteiger partial charge in [-0.15, -0.1) is 24.8 Å². The molecule has 0 radical (unpaired) electrons. The number of hydrogen-bond acceptors (Lipinski definition) is 4. The zero-order chi connectivity index (χ0) is 24.6. The fraction of sp³-hybridized carbons (Fsp3) is 0.414. The number of aromatic amines is 1. The Morgan fingerprint density at radius 2 is 1.81 bits per heavy atom. The first-order chi connectivity index (χ1) is 17.1. The standard InChI is InChI=1S/C29H35N5O.2ClH/c1-3-4-5-6-25-11-12-26(17-22(25)2)29(35)34-15-13-33(14-16-34)28(27-20-31-21-32-27)18-23-7-9-24(19-30)10-8-23;;/h7-12,17,20-21,28H,3-6,13-16,18H2,1-2H3,(H,31,32);2*1H. The lowest BCUT2D eigenvalue weighted by atomic mass is 9.99. The maximum atomic E-state index is 13.2. The van der Waals surface area contributed by atoms with Gasteiger partial charge in [-0.1, -0.05) is 38.0 Å². The van der Waals surface area contributed by atoms with Crippen LogP contribution in [0.4, 0.5) is 0 Å². The molecule has 4 rings (SSSR count). The first kappa shape index (κ1) is 30.4. The van der Waals surface area contributed by atoms with Crippen molar-refractivity contribution >= 4 is 30.7 Å². The van der Waals surface area contributed by atoms with Crippen LogP contribution in [0.1, 0.15) is 70.5 Å². The highest BCUT2D eigenvalue weighted by atomic mass is 35.5. The van der Waals surface area contributed by atoms with Crippen LogP contribution in [0.3, 0.4) is 0 Å². The van der Waals surface area contributed by atoms with E-state index in [9.17, 15) is 4.79 Å². The van der Waals surface area contributed by atoms with E-state index >= 15 is 0 Å². The van der Waals surface area contributed by atoms with E-state index in [2.05, 4.69) is 46.9 Å². The number of nitrogens with one attached hydrogen (secondary N) is 1. The van der Waals surface area contributed by atoms with E-state index in [0.717, 1.165) is 37.2 Å². The lowest BCUT2D eigenvalue weighted by molar-refractivity contribution is 0.0562. The lowest BCUT2D eigenvalue weighted by Gasteiger charge is -2.39. The Balaban J connectivity index is 0.00000241. The van der Waals surface area contributed by atoms with Crippen LogP contribution in [0.2, 0.25) is 0 Å². The van der Waals surface area contributed by atoms with Gasteiger partial charge in [0.2, 0.25) is 0 Å². The molecular formula is C29H37Cl2N5O. The van der Waals surface area contributed by atoms with E-state index in [1.165, 1.54) is 36.0 Å². The Hall–Kier alpha value is -2.85. The van der Waals surface area contributed by atoms with Crippen LogP contribution < -0.4 is 0 Å². The summed E-state index contributed by atoms with van der Waals surface area (Å²) in [5, 5.41) is 9.09. The minimum Gasteiger partial charge on any atom is -0.347 e. The first-order valence-corrected chi connectivity index (χ1v) is 12.7. The predicted molar refractivity (Wildman–Crippen MR) is 153 cm³/mol. The number of nitrogens with zero attached hydrogens (tertiary/aromatic N) is 4. The normalized spacial score (nSPS) is 14.2.